The van der Waals surface area contributed by atoms with Crippen molar-refractivity contribution in [2.75, 3.05) is 18.1 Å². The highest BCUT2D eigenvalue weighted by Crippen LogP contribution is 2.19. The number of carbonyl (C=O) groups excluding carboxylic acids is 2. The van der Waals surface area contributed by atoms with E-state index in [-0.39, 0.29) is 43.1 Å². The Morgan fingerprint density at radius 3 is 2.50 bits per heavy atom. The molecule has 4 rings (SSSR count). The van der Waals surface area contributed by atoms with Gasteiger partial charge in [-0.1, -0.05) is 30.3 Å². The maximum Gasteiger partial charge on any atom is 0.307 e. The highest BCUT2D eigenvalue weighted by Gasteiger charge is 2.21. The van der Waals surface area contributed by atoms with Crippen LogP contribution in [0.2, 0.25) is 0 Å². The fourth-order valence-corrected chi connectivity index (χ4v) is 4.13. The Morgan fingerprint density at radius 1 is 1.08 bits per heavy atom. The van der Waals surface area contributed by atoms with Crippen LogP contribution < -0.4 is 10.6 Å². The van der Waals surface area contributed by atoms with Gasteiger partial charge < -0.3 is 14.9 Å². The van der Waals surface area contributed by atoms with Gasteiger partial charge >= 0.3 is 5.97 Å². The minimum absolute atomic E-state index is 0. The molecule has 0 aliphatic rings. The molecular weight excluding hydrogens is 504 g/mol. The number of pyridine rings is 2. The van der Waals surface area contributed by atoms with Gasteiger partial charge in [0.25, 0.3) is 5.91 Å². The summed E-state index contributed by atoms with van der Waals surface area (Å²) in [7, 11) is 0. The van der Waals surface area contributed by atoms with Crippen molar-refractivity contribution in [3.05, 3.63) is 95.1 Å². The van der Waals surface area contributed by atoms with Crippen molar-refractivity contribution in [1.29, 1.82) is 5.41 Å². The van der Waals surface area contributed by atoms with Crippen LogP contribution in [-0.2, 0) is 22.4 Å². The number of nitrogens with two attached hydrogens (primary N) is 1. The average molecular weight is 535 g/mol. The zero-order valence-corrected chi connectivity index (χ0v) is 22.2. The van der Waals surface area contributed by atoms with Crippen molar-refractivity contribution in [3.63, 3.8) is 0 Å². The first kappa shape index (κ1) is 28.3. The van der Waals surface area contributed by atoms with Crippen LogP contribution in [0.3, 0.4) is 0 Å². The molecule has 3 N–H and O–H groups in total. The maximum absolute atomic E-state index is 13.5. The van der Waals surface area contributed by atoms with Gasteiger partial charge in [0.05, 0.1) is 18.7 Å². The first-order chi connectivity index (χ1) is 17.9. The molecule has 198 valence electrons. The second-order valence-corrected chi connectivity index (χ2v) is 8.60. The Hall–Kier alpha value is -4.24. The number of rotatable bonds is 10. The fraction of sp³-hybridized carbons (Fsp3) is 0.250. The smallest absolute Gasteiger partial charge is 0.307 e. The number of carbonyl (C=O) groups is 2. The van der Waals surface area contributed by atoms with Gasteiger partial charge in [-0.05, 0) is 56.5 Å². The molecule has 1 aromatic carbocycles. The van der Waals surface area contributed by atoms with Crippen molar-refractivity contribution in [2.24, 2.45) is 5.73 Å². The number of hydrogen-bond donors (Lipinski definition) is 2. The number of halogens is 1. The Kier molecular flexibility index (Phi) is 9.56. The number of nitrogen functional groups attached to an aromatic ring is 1. The van der Waals surface area contributed by atoms with Gasteiger partial charge in [0.15, 0.2) is 0 Å². The topological polar surface area (TPSA) is 127 Å². The molecule has 38 heavy (non-hydrogen) atoms. The Balaban J connectivity index is 0.00000400. The largest absolute Gasteiger partial charge is 0.466 e. The average Bonchev–Trinajstić information content (AvgIpc) is 3.23. The van der Waals surface area contributed by atoms with Crippen LogP contribution in [0.1, 0.15) is 46.2 Å². The second-order valence-electron chi connectivity index (χ2n) is 8.60. The Bertz CT molecular complexity index is 1420. The number of aryl methyl sites for hydroxylation is 3. The summed E-state index contributed by atoms with van der Waals surface area (Å²) in [5.41, 5.74) is 10.5. The zero-order chi connectivity index (χ0) is 26.4. The summed E-state index contributed by atoms with van der Waals surface area (Å²) in [6.07, 6.45) is 5.04. The van der Waals surface area contributed by atoms with Gasteiger partial charge in [0.2, 0.25) is 0 Å². The Morgan fingerprint density at radius 2 is 1.84 bits per heavy atom. The number of fused-ring (bicyclic) bond motifs is 1. The van der Waals surface area contributed by atoms with Gasteiger partial charge in [-0.2, -0.15) is 0 Å². The fourth-order valence-electron chi connectivity index (χ4n) is 4.13. The summed E-state index contributed by atoms with van der Waals surface area (Å²) < 4.78 is 7.00. The molecule has 0 unspecified atom stereocenters. The van der Waals surface area contributed by atoms with E-state index in [0.717, 1.165) is 29.8 Å². The molecule has 0 bridgehead atoms. The van der Waals surface area contributed by atoms with E-state index in [2.05, 4.69) is 4.98 Å². The lowest BCUT2D eigenvalue weighted by atomic mass is 10.1. The number of anilines is 1. The number of ether oxygens (including phenoxy) is 1. The third-order valence-corrected chi connectivity index (χ3v) is 6.14. The van der Waals surface area contributed by atoms with Crippen LogP contribution in [0.4, 0.5) is 5.82 Å². The number of aromatic nitrogens is 3. The third-order valence-electron chi connectivity index (χ3n) is 6.14. The molecule has 0 aliphatic heterocycles. The number of amidine groups is 1. The van der Waals surface area contributed by atoms with E-state index in [9.17, 15) is 9.59 Å². The lowest BCUT2D eigenvalue weighted by Gasteiger charge is -2.21. The molecule has 0 fully saturated rings. The van der Waals surface area contributed by atoms with Gasteiger partial charge in [-0.3, -0.25) is 19.9 Å². The van der Waals surface area contributed by atoms with E-state index in [0.29, 0.717) is 29.2 Å². The van der Waals surface area contributed by atoms with Crippen molar-refractivity contribution in [3.8, 4) is 0 Å². The van der Waals surface area contributed by atoms with Crippen LogP contribution >= 0.6 is 12.4 Å². The molecule has 0 atom stereocenters. The maximum atomic E-state index is 13.5. The van der Waals surface area contributed by atoms with E-state index in [1.165, 1.54) is 4.90 Å². The molecule has 9 nitrogen and oxygen atoms in total. The van der Waals surface area contributed by atoms with Crippen molar-refractivity contribution < 1.29 is 14.3 Å². The number of esters is 1. The molecule has 0 aliphatic carbocycles. The number of hydrogen-bond acceptors (Lipinski definition) is 6. The highest BCUT2D eigenvalue weighted by atomic mass is 35.5. The van der Waals surface area contributed by atoms with Crippen LogP contribution in [0.15, 0.2) is 67.0 Å². The molecule has 0 saturated heterocycles. The Labute approximate surface area is 227 Å². The quantitative estimate of drug-likeness (QED) is 0.179. The minimum atomic E-state index is -0.365. The number of amides is 1. The predicted molar refractivity (Wildman–Crippen MR) is 149 cm³/mol. The lowest BCUT2D eigenvalue weighted by molar-refractivity contribution is -0.142. The van der Waals surface area contributed by atoms with Crippen LogP contribution in [0, 0.1) is 12.3 Å². The summed E-state index contributed by atoms with van der Waals surface area (Å²) in [4.78, 5) is 36.1. The van der Waals surface area contributed by atoms with Crippen LogP contribution in [0.25, 0.3) is 5.65 Å². The molecule has 0 radical (unpaired) electrons. The summed E-state index contributed by atoms with van der Waals surface area (Å²) in [6.45, 7) is 4.20. The molecule has 3 heterocycles. The second kappa shape index (κ2) is 12.8. The molecule has 0 spiro atoms. The van der Waals surface area contributed by atoms with E-state index < -0.39 is 0 Å². The van der Waals surface area contributed by atoms with E-state index >= 15 is 0 Å². The SMILES string of the molecule is CCOC(=O)CCN(C(=O)c1ccn2c(C)c(CCc3ccc(C(=N)N)cc3)nc2c1)c1ccccn1.Cl. The highest BCUT2D eigenvalue weighted by molar-refractivity contribution is 6.06. The summed E-state index contributed by atoms with van der Waals surface area (Å²) in [6, 6.07) is 16.5. The van der Waals surface area contributed by atoms with Crippen molar-refractivity contribution in [2.45, 2.75) is 33.1 Å². The number of nitrogens with zero attached hydrogens (tertiary/aromatic N) is 4. The molecule has 4 aromatic rings. The van der Waals surface area contributed by atoms with Crippen LogP contribution in [-0.4, -0.2) is 45.2 Å². The summed E-state index contributed by atoms with van der Waals surface area (Å²) in [5.74, 6) is -0.113. The van der Waals surface area contributed by atoms with Crippen molar-refractivity contribution in [1.82, 2.24) is 14.4 Å². The molecule has 1 amide bonds. The van der Waals surface area contributed by atoms with E-state index in [1.54, 1.807) is 43.5 Å². The van der Waals surface area contributed by atoms with E-state index in [1.807, 2.05) is 41.8 Å². The molecule has 10 heteroatoms. The summed E-state index contributed by atoms with van der Waals surface area (Å²) in [5, 5.41) is 7.53. The first-order valence-corrected chi connectivity index (χ1v) is 12.2. The lowest BCUT2D eigenvalue weighted by Crippen LogP contribution is -2.34. The van der Waals surface area contributed by atoms with Crippen molar-refractivity contribution >= 4 is 41.6 Å². The van der Waals surface area contributed by atoms with Gasteiger partial charge in [0.1, 0.15) is 17.3 Å². The zero-order valence-electron chi connectivity index (χ0n) is 21.4. The third kappa shape index (κ3) is 6.54. The standard InChI is InChI=1S/C28H30N6O3.ClH/c1-3-37-26(35)14-17-34(24-6-4-5-15-31-24)28(36)22-13-16-33-19(2)23(32-25(33)18-22)12-9-20-7-10-21(11-8-20)27(29)30;/h4-8,10-11,13,15-16,18H,3,9,12,14,17H2,1-2H3,(H3,29,30);1H. The predicted octanol–water partition coefficient (Wildman–Crippen LogP) is 4.13. The normalized spacial score (nSPS) is 10.6. The van der Waals surface area contributed by atoms with E-state index in [4.69, 9.17) is 20.9 Å². The molecular formula is C28H31ClN6O3. The van der Waals surface area contributed by atoms with Crippen LogP contribution in [0.5, 0.6) is 0 Å². The first-order valence-electron chi connectivity index (χ1n) is 12.2. The monoisotopic (exact) mass is 534 g/mol. The number of benzene rings is 1. The number of imidazole rings is 1. The van der Waals surface area contributed by atoms with Gasteiger partial charge in [-0.15, -0.1) is 12.4 Å². The minimum Gasteiger partial charge on any atom is -0.466 e. The number of nitrogens with one attached hydrogen (secondary N) is 1. The van der Waals surface area contributed by atoms with Gasteiger partial charge in [0, 0.05) is 35.8 Å². The summed E-state index contributed by atoms with van der Waals surface area (Å²) >= 11 is 0. The van der Waals surface area contributed by atoms with Gasteiger partial charge in [-0.25, -0.2) is 9.97 Å². The molecule has 0 saturated carbocycles. The molecule has 3 aromatic heterocycles.